The van der Waals surface area contributed by atoms with Crippen LogP contribution in [0.1, 0.15) is 27.7 Å². The Balaban J connectivity index is 0. The van der Waals surface area contributed by atoms with E-state index >= 15 is 0 Å². The molecule has 0 heterocycles. The number of hydrogen-bond donors (Lipinski definition) is 0. The monoisotopic (exact) mass is 428 g/mol. The number of sulfonamides is 1. The van der Waals surface area contributed by atoms with E-state index in [9.17, 15) is 8.42 Å². The fourth-order valence-electron chi connectivity index (χ4n) is 2.65. The summed E-state index contributed by atoms with van der Waals surface area (Å²) in [6.07, 6.45) is 0. The van der Waals surface area contributed by atoms with E-state index < -0.39 is 10.0 Å². The summed E-state index contributed by atoms with van der Waals surface area (Å²) in [6.45, 7) is 9.56. The second kappa shape index (κ2) is 11.9. The predicted molar refractivity (Wildman–Crippen MR) is 96.3 cm³/mol. The van der Waals surface area contributed by atoms with Crippen molar-refractivity contribution in [3.63, 3.8) is 0 Å². The van der Waals surface area contributed by atoms with Crippen molar-refractivity contribution in [3.05, 3.63) is 18.2 Å². The molecule has 0 amide bonds. The number of ether oxygens (including phenoxy) is 2. The molecule has 0 aliphatic carbocycles. The summed E-state index contributed by atoms with van der Waals surface area (Å²) in [4.78, 5) is 2.46. The van der Waals surface area contributed by atoms with Crippen molar-refractivity contribution in [2.24, 2.45) is 0 Å². The number of halogens is 2. The Kier molecular flexibility index (Phi) is 12.6. The summed E-state index contributed by atoms with van der Waals surface area (Å²) >= 11 is 0. The smallest absolute Gasteiger partial charge is 0.242 e. The highest BCUT2D eigenvalue weighted by atomic mass is 35.5. The number of likely N-dealkylation sites (N-methyl/N-ethyl adjacent to an activating group) is 1. The topological polar surface area (TPSA) is 59.1 Å². The lowest BCUT2D eigenvalue weighted by Crippen LogP contribution is -3.00. The third-order valence-corrected chi connectivity index (χ3v) is 5.92. The van der Waals surface area contributed by atoms with Gasteiger partial charge in [-0.15, -0.1) is 0 Å². The van der Waals surface area contributed by atoms with Crippen LogP contribution in [0.5, 0.6) is 11.5 Å². The largest absolute Gasteiger partial charge is 1.00 e. The number of methoxy groups -OCH3 is 2. The molecule has 6 nitrogen and oxygen atoms in total. The molecular weight excluding hydrogens is 399 g/mol. The van der Waals surface area contributed by atoms with Gasteiger partial charge in [-0.25, -0.2) is 8.42 Å². The molecule has 0 saturated carbocycles. The second-order valence-electron chi connectivity index (χ2n) is 6.27. The van der Waals surface area contributed by atoms with E-state index in [1.165, 1.54) is 30.7 Å². The minimum atomic E-state index is -3.57. The van der Waals surface area contributed by atoms with Crippen molar-refractivity contribution in [3.8, 4) is 11.5 Å². The average molecular weight is 429 g/mol. The summed E-state index contributed by atoms with van der Waals surface area (Å²) in [5.74, 6) is 0.905. The Labute approximate surface area is 170 Å². The van der Waals surface area contributed by atoms with Crippen molar-refractivity contribution in [2.45, 2.75) is 44.7 Å². The maximum absolute atomic E-state index is 12.8. The molecule has 0 atom stereocenters. The molecule has 0 aromatic heterocycles. The molecular formula is C17H30Cl2N2O4S-2. The van der Waals surface area contributed by atoms with Gasteiger partial charge in [0.05, 0.1) is 19.1 Å². The molecule has 0 aliphatic rings. The van der Waals surface area contributed by atoms with Gasteiger partial charge in [-0.3, -0.25) is 4.90 Å². The maximum Gasteiger partial charge on any atom is 0.242 e. The Morgan fingerprint density at radius 3 is 1.85 bits per heavy atom. The normalized spacial score (nSPS) is 11.5. The van der Waals surface area contributed by atoms with Gasteiger partial charge in [0.2, 0.25) is 10.0 Å². The van der Waals surface area contributed by atoms with E-state index in [0.717, 1.165) is 0 Å². The molecule has 154 valence electrons. The molecule has 0 saturated heterocycles. The molecule has 0 aliphatic heterocycles. The lowest BCUT2D eigenvalue weighted by atomic mass is 10.2. The van der Waals surface area contributed by atoms with Crippen molar-refractivity contribution in [1.29, 1.82) is 0 Å². The lowest BCUT2D eigenvalue weighted by Gasteiger charge is -2.32. The highest BCUT2D eigenvalue weighted by Crippen LogP contribution is 2.30. The summed E-state index contributed by atoms with van der Waals surface area (Å²) < 4.78 is 37.3. The first-order valence-corrected chi connectivity index (χ1v) is 9.53. The zero-order chi connectivity index (χ0) is 18.5. The van der Waals surface area contributed by atoms with Gasteiger partial charge >= 0.3 is 0 Å². The van der Waals surface area contributed by atoms with Crippen LogP contribution in [0.3, 0.4) is 0 Å². The second-order valence-corrected chi connectivity index (χ2v) is 8.31. The number of benzene rings is 1. The van der Waals surface area contributed by atoms with Crippen LogP contribution in [0.15, 0.2) is 23.1 Å². The van der Waals surface area contributed by atoms with Crippen LogP contribution in [0.25, 0.3) is 0 Å². The van der Waals surface area contributed by atoms with Gasteiger partial charge in [0, 0.05) is 38.3 Å². The van der Waals surface area contributed by atoms with Crippen LogP contribution in [-0.2, 0) is 10.0 Å². The first-order valence-electron chi connectivity index (χ1n) is 8.09. The molecule has 1 rings (SSSR count). The quantitative estimate of drug-likeness (QED) is 0.407. The Morgan fingerprint density at radius 2 is 1.42 bits per heavy atom. The summed E-state index contributed by atoms with van der Waals surface area (Å²) in [5, 5.41) is 0. The molecule has 0 spiro atoms. The predicted octanol–water partition coefficient (Wildman–Crippen LogP) is -3.55. The van der Waals surface area contributed by atoms with Gasteiger partial charge in [-0.2, -0.15) is 4.31 Å². The Bertz CT molecular complexity index is 632. The van der Waals surface area contributed by atoms with Gasteiger partial charge in [0.25, 0.3) is 0 Å². The van der Waals surface area contributed by atoms with Gasteiger partial charge < -0.3 is 34.3 Å². The van der Waals surface area contributed by atoms with Crippen LogP contribution < -0.4 is 34.3 Å². The first-order chi connectivity index (χ1) is 11.1. The fourth-order valence-corrected chi connectivity index (χ4v) is 3.82. The minimum Gasteiger partial charge on any atom is -1.00 e. The molecule has 0 bridgehead atoms. The summed E-state index contributed by atoms with van der Waals surface area (Å²) in [5.41, 5.74) is 0. The van der Waals surface area contributed by atoms with Crippen LogP contribution in [-0.4, -0.2) is 64.1 Å². The van der Waals surface area contributed by atoms with Gasteiger partial charge in [-0.05, 0) is 39.8 Å². The highest BCUT2D eigenvalue weighted by Gasteiger charge is 2.24. The third-order valence-electron chi connectivity index (χ3n) is 4.06. The molecule has 0 N–H and O–H groups in total. The maximum atomic E-state index is 12.8. The molecule has 1 aromatic carbocycles. The van der Waals surface area contributed by atoms with Gasteiger partial charge in [0.1, 0.15) is 0 Å². The van der Waals surface area contributed by atoms with Gasteiger partial charge in [0.15, 0.2) is 11.5 Å². The van der Waals surface area contributed by atoms with E-state index in [1.54, 1.807) is 13.1 Å². The zero-order valence-electron chi connectivity index (χ0n) is 16.5. The molecule has 0 fully saturated rings. The Morgan fingerprint density at radius 1 is 0.923 bits per heavy atom. The van der Waals surface area contributed by atoms with Crippen LogP contribution in [0.2, 0.25) is 0 Å². The molecule has 0 unspecified atom stereocenters. The first kappa shape index (κ1) is 27.5. The SMILES string of the molecule is COc1ccc(S(=O)(=O)N(C)CCN(C(C)C)C(C)C)cc1OC.[Cl-].[Cl-]. The minimum absolute atomic E-state index is 0. The lowest BCUT2D eigenvalue weighted by molar-refractivity contribution is -0.00100. The fraction of sp³-hybridized carbons (Fsp3) is 0.647. The Hall–Kier alpha value is -0.730. The van der Waals surface area contributed by atoms with Crippen LogP contribution in [0.4, 0.5) is 0 Å². The van der Waals surface area contributed by atoms with E-state index in [1.807, 2.05) is 0 Å². The van der Waals surface area contributed by atoms with E-state index in [-0.39, 0.29) is 29.7 Å². The van der Waals surface area contributed by atoms with Crippen molar-refractivity contribution in [2.75, 3.05) is 34.4 Å². The zero-order valence-corrected chi connectivity index (χ0v) is 18.8. The molecule has 0 radical (unpaired) electrons. The van der Waals surface area contributed by atoms with Crippen molar-refractivity contribution >= 4 is 10.0 Å². The van der Waals surface area contributed by atoms with Gasteiger partial charge in [-0.1, -0.05) is 0 Å². The average Bonchev–Trinajstić information content (AvgIpc) is 2.53. The van der Waals surface area contributed by atoms with E-state index in [0.29, 0.717) is 36.7 Å². The van der Waals surface area contributed by atoms with Crippen molar-refractivity contribution in [1.82, 2.24) is 9.21 Å². The molecule has 26 heavy (non-hydrogen) atoms. The summed E-state index contributed by atoms with van der Waals surface area (Å²) in [6, 6.07) is 5.36. The molecule has 1 aromatic rings. The van der Waals surface area contributed by atoms with Crippen LogP contribution in [0, 0.1) is 0 Å². The number of nitrogens with zero attached hydrogens (tertiary/aromatic N) is 2. The highest BCUT2D eigenvalue weighted by molar-refractivity contribution is 7.89. The number of rotatable bonds is 9. The van der Waals surface area contributed by atoms with E-state index in [2.05, 4.69) is 32.6 Å². The third kappa shape index (κ3) is 6.78. The van der Waals surface area contributed by atoms with E-state index in [4.69, 9.17) is 9.47 Å². The standard InChI is InChI=1S/C17H30N2O4S.2ClH/c1-13(2)19(14(3)4)11-10-18(5)24(20,21)15-8-9-16(22-6)17(12-15)23-7;;/h8-9,12-14H,10-11H2,1-7H3;2*1H/p-2. The number of hydrogen-bond acceptors (Lipinski definition) is 5. The van der Waals surface area contributed by atoms with Crippen molar-refractivity contribution < 1.29 is 42.7 Å². The summed E-state index contributed by atoms with van der Waals surface area (Å²) in [7, 11) is 1.04. The van der Waals surface area contributed by atoms with Crippen LogP contribution >= 0.6 is 0 Å². The molecule has 9 heteroatoms.